The number of sulfonamides is 1. The number of aryl methyl sites for hydroxylation is 2. The molecule has 1 aromatic rings. The van der Waals surface area contributed by atoms with Crippen molar-refractivity contribution in [3.63, 3.8) is 0 Å². The summed E-state index contributed by atoms with van der Waals surface area (Å²) in [7, 11) is -0.0980. The standard InChI is InChI=1S/C10H18BrN3O2S/c1-8(11)5-6-14(4)17(15,16)10-7-13(3)9(2)12-10/h7-8H,5-6H2,1-4H3. The minimum absolute atomic E-state index is 0.113. The summed E-state index contributed by atoms with van der Waals surface area (Å²) in [5.74, 6) is 0.686. The lowest BCUT2D eigenvalue weighted by Crippen LogP contribution is -2.29. The van der Waals surface area contributed by atoms with E-state index in [-0.39, 0.29) is 5.03 Å². The first-order valence-electron chi connectivity index (χ1n) is 5.35. The van der Waals surface area contributed by atoms with Crippen molar-refractivity contribution >= 4 is 26.0 Å². The van der Waals surface area contributed by atoms with E-state index < -0.39 is 10.0 Å². The van der Waals surface area contributed by atoms with Crippen LogP contribution in [0.2, 0.25) is 0 Å². The van der Waals surface area contributed by atoms with Crippen LogP contribution in [-0.2, 0) is 17.1 Å². The Kier molecular flexibility index (Phi) is 4.74. The molecule has 0 radical (unpaired) electrons. The van der Waals surface area contributed by atoms with Crippen molar-refractivity contribution < 1.29 is 8.42 Å². The third kappa shape index (κ3) is 3.53. The van der Waals surface area contributed by atoms with Gasteiger partial charge in [-0.3, -0.25) is 0 Å². The molecule has 1 rings (SSSR count). The van der Waals surface area contributed by atoms with Crippen LogP contribution >= 0.6 is 15.9 Å². The van der Waals surface area contributed by atoms with E-state index in [1.54, 1.807) is 31.8 Å². The highest BCUT2D eigenvalue weighted by Crippen LogP contribution is 2.14. The molecule has 0 fully saturated rings. The molecule has 0 bridgehead atoms. The van der Waals surface area contributed by atoms with Crippen LogP contribution in [0.4, 0.5) is 0 Å². The zero-order chi connectivity index (χ0) is 13.2. The summed E-state index contributed by atoms with van der Waals surface area (Å²) in [6.45, 7) is 4.25. The predicted octanol–water partition coefficient (Wildman–Crippen LogP) is 1.52. The number of alkyl halides is 1. The predicted molar refractivity (Wildman–Crippen MR) is 70.8 cm³/mol. The molecule has 98 valence electrons. The van der Waals surface area contributed by atoms with Crippen molar-refractivity contribution in [3.8, 4) is 0 Å². The molecule has 7 heteroatoms. The molecule has 0 aliphatic heterocycles. The van der Waals surface area contributed by atoms with E-state index in [2.05, 4.69) is 20.9 Å². The van der Waals surface area contributed by atoms with Crippen molar-refractivity contribution in [2.75, 3.05) is 13.6 Å². The van der Waals surface area contributed by atoms with Crippen LogP contribution in [-0.4, -0.2) is 40.7 Å². The lowest BCUT2D eigenvalue weighted by molar-refractivity contribution is 0.460. The molecule has 0 saturated carbocycles. The minimum atomic E-state index is -3.46. The van der Waals surface area contributed by atoms with Gasteiger partial charge in [0.15, 0.2) is 5.03 Å². The fourth-order valence-electron chi connectivity index (χ4n) is 1.29. The first-order valence-corrected chi connectivity index (χ1v) is 7.71. The van der Waals surface area contributed by atoms with Gasteiger partial charge in [-0.1, -0.05) is 22.9 Å². The number of imidazole rings is 1. The van der Waals surface area contributed by atoms with Crippen molar-refractivity contribution in [2.24, 2.45) is 7.05 Å². The van der Waals surface area contributed by atoms with Gasteiger partial charge in [-0.15, -0.1) is 0 Å². The summed E-state index contributed by atoms with van der Waals surface area (Å²) < 4.78 is 27.3. The first-order chi connectivity index (χ1) is 7.75. The zero-order valence-electron chi connectivity index (χ0n) is 10.5. The smallest absolute Gasteiger partial charge is 0.261 e. The van der Waals surface area contributed by atoms with Gasteiger partial charge in [-0.05, 0) is 13.3 Å². The van der Waals surface area contributed by atoms with E-state index in [0.29, 0.717) is 17.2 Å². The van der Waals surface area contributed by atoms with Crippen LogP contribution in [0.3, 0.4) is 0 Å². The molecule has 0 aliphatic rings. The van der Waals surface area contributed by atoms with E-state index in [9.17, 15) is 8.42 Å². The molecule has 1 aromatic heterocycles. The minimum Gasteiger partial charge on any atom is -0.337 e. The SMILES string of the molecule is Cc1nc(S(=O)(=O)N(C)CCC(C)Br)cn1C. The highest BCUT2D eigenvalue weighted by Gasteiger charge is 2.24. The number of nitrogens with zero attached hydrogens (tertiary/aromatic N) is 3. The number of hydrogen-bond acceptors (Lipinski definition) is 3. The topological polar surface area (TPSA) is 55.2 Å². The average molecular weight is 324 g/mol. The summed E-state index contributed by atoms with van der Waals surface area (Å²) in [5.41, 5.74) is 0. The van der Waals surface area contributed by atoms with E-state index in [0.717, 1.165) is 6.42 Å². The fourth-order valence-corrected chi connectivity index (χ4v) is 2.70. The fraction of sp³-hybridized carbons (Fsp3) is 0.700. The molecule has 5 nitrogen and oxygen atoms in total. The summed E-state index contributed by atoms with van der Waals surface area (Å²) in [6, 6.07) is 0. The maximum atomic E-state index is 12.1. The third-order valence-corrected chi connectivity index (χ3v) is 4.79. The van der Waals surface area contributed by atoms with Gasteiger partial charge in [-0.2, -0.15) is 4.31 Å². The average Bonchev–Trinajstić information content (AvgIpc) is 2.56. The summed E-state index contributed by atoms with van der Waals surface area (Å²) in [5, 5.41) is 0.113. The summed E-state index contributed by atoms with van der Waals surface area (Å²) in [4.78, 5) is 4.35. The molecule has 1 atom stereocenters. The highest BCUT2D eigenvalue weighted by molar-refractivity contribution is 9.09. The van der Waals surface area contributed by atoms with Gasteiger partial charge in [-0.25, -0.2) is 13.4 Å². The van der Waals surface area contributed by atoms with Gasteiger partial charge in [0.25, 0.3) is 10.0 Å². The van der Waals surface area contributed by atoms with Crippen LogP contribution in [0, 0.1) is 6.92 Å². The molecule has 17 heavy (non-hydrogen) atoms. The Morgan fingerprint density at radius 3 is 2.59 bits per heavy atom. The van der Waals surface area contributed by atoms with Crippen LogP contribution in [0.1, 0.15) is 19.2 Å². The molecule has 0 saturated heterocycles. The van der Waals surface area contributed by atoms with Crippen LogP contribution in [0.25, 0.3) is 0 Å². The Balaban J connectivity index is 2.87. The zero-order valence-corrected chi connectivity index (χ0v) is 12.9. The van der Waals surface area contributed by atoms with Crippen molar-refractivity contribution in [1.29, 1.82) is 0 Å². The molecule has 1 heterocycles. The van der Waals surface area contributed by atoms with Gasteiger partial charge >= 0.3 is 0 Å². The number of hydrogen-bond donors (Lipinski definition) is 0. The van der Waals surface area contributed by atoms with Crippen LogP contribution < -0.4 is 0 Å². The highest BCUT2D eigenvalue weighted by atomic mass is 79.9. The number of aromatic nitrogens is 2. The first kappa shape index (κ1) is 14.7. The second kappa shape index (κ2) is 5.49. The van der Waals surface area contributed by atoms with Crippen LogP contribution in [0.15, 0.2) is 11.2 Å². The van der Waals surface area contributed by atoms with Crippen LogP contribution in [0.5, 0.6) is 0 Å². The van der Waals surface area contributed by atoms with Gasteiger partial charge < -0.3 is 4.57 Å². The van der Waals surface area contributed by atoms with E-state index in [4.69, 9.17) is 0 Å². The number of halogens is 1. The van der Waals surface area contributed by atoms with Crippen molar-refractivity contribution in [2.45, 2.75) is 30.1 Å². The van der Waals surface area contributed by atoms with Gasteiger partial charge in [0, 0.05) is 31.7 Å². The molecular formula is C10H18BrN3O2S. The Hall–Kier alpha value is -0.400. The Labute approximate surface area is 111 Å². The second-order valence-corrected chi connectivity index (χ2v) is 7.69. The van der Waals surface area contributed by atoms with E-state index in [1.807, 2.05) is 6.92 Å². The van der Waals surface area contributed by atoms with Crippen molar-refractivity contribution in [3.05, 3.63) is 12.0 Å². The summed E-state index contributed by atoms with van der Waals surface area (Å²) >= 11 is 3.40. The Bertz CT molecular complexity index is 462. The van der Waals surface area contributed by atoms with E-state index in [1.165, 1.54) is 4.31 Å². The van der Waals surface area contributed by atoms with Gasteiger partial charge in [0.1, 0.15) is 5.82 Å². The third-order valence-electron chi connectivity index (χ3n) is 2.60. The van der Waals surface area contributed by atoms with E-state index >= 15 is 0 Å². The maximum Gasteiger partial charge on any atom is 0.261 e. The number of rotatable bonds is 5. The molecule has 0 aromatic carbocycles. The quantitative estimate of drug-likeness (QED) is 0.772. The Morgan fingerprint density at radius 2 is 2.18 bits per heavy atom. The monoisotopic (exact) mass is 323 g/mol. The molecule has 0 aliphatic carbocycles. The maximum absolute atomic E-state index is 12.1. The molecule has 0 spiro atoms. The normalized spacial score (nSPS) is 14.2. The molecular weight excluding hydrogens is 306 g/mol. The molecule has 0 N–H and O–H groups in total. The molecule has 1 unspecified atom stereocenters. The van der Waals surface area contributed by atoms with Gasteiger partial charge in [0.05, 0.1) is 0 Å². The lowest BCUT2D eigenvalue weighted by atomic mass is 10.3. The molecule has 0 amide bonds. The lowest BCUT2D eigenvalue weighted by Gasteiger charge is -2.16. The Morgan fingerprint density at radius 1 is 1.59 bits per heavy atom. The second-order valence-electron chi connectivity index (χ2n) is 4.13. The van der Waals surface area contributed by atoms with Crippen molar-refractivity contribution in [1.82, 2.24) is 13.9 Å². The largest absolute Gasteiger partial charge is 0.337 e. The summed E-state index contributed by atoms with van der Waals surface area (Å²) in [6.07, 6.45) is 2.31. The van der Waals surface area contributed by atoms with Gasteiger partial charge in [0.2, 0.25) is 0 Å².